The number of nitrogens with two attached hydrogens (primary N) is 1. The van der Waals surface area contributed by atoms with Crippen molar-refractivity contribution in [3.05, 3.63) is 59.1 Å². The molecule has 1 atom stereocenters. The van der Waals surface area contributed by atoms with E-state index in [-0.39, 0.29) is 11.3 Å². The molecule has 1 saturated heterocycles. The molecule has 0 bridgehead atoms. The minimum atomic E-state index is -0.396. The second kappa shape index (κ2) is 8.94. The van der Waals surface area contributed by atoms with Crippen LogP contribution in [0, 0.1) is 10.8 Å². The zero-order chi connectivity index (χ0) is 21.9. The summed E-state index contributed by atoms with van der Waals surface area (Å²) in [6.07, 6.45) is 11.5. The minimum absolute atomic E-state index is 0.0396. The van der Waals surface area contributed by atoms with Crippen molar-refractivity contribution in [2.75, 3.05) is 19.7 Å². The van der Waals surface area contributed by atoms with Crippen LogP contribution in [0.4, 0.5) is 0 Å². The van der Waals surface area contributed by atoms with E-state index in [0.29, 0.717) is 12.6 Å². The normalized spacial score (nSPS) is 25.5. The molecule has 0 radical (unpaired) electrons. The first kappa shape index (κ1) is 22.6. The van der Waals surface area contributed by atoms with E-state index in [0.717, 1.165) is 55.9 Å². The molecular weight excluding hydrogens is 374 g/mol. The molecule has 30 heavy (non-hydrogen) atoms. The van der Waals surface area contributed by atoms with Crippen molar-refractivity contribution in [2.45, 2.75) is 59.4 Å². The fraction of sp³-hybridized carbons (Fsp3) is 0.560. The van der Waals surface area contributed by atoms with Gasteiger partial charge in [-0.25, -0.2) is 0 Å². The van der Waals surface area contributed by atoms with Gasteiger partial charge in [-0.2, -0.15) is 0 Å². The molecule has 1 unspecified atom stereocenters. The summed E-state index contributed by atoms with van der Waals surface area (Å²) in [5.74, 6) is 1.05. The van der Waals surface area contributed by atoms with Crippen LogP contribution in [-0.4, -0.2) is 31.6 Å². The molecule has 3 rings (SSSR count). The number of ether oxygens (including phenoxy) is 1. The lowest BCUT2D eigenvalue weighted by Gasteiger charge is -2.29. The quantitative estimate of drug-likeness (QED) is 0.530. The highest BCUT2D eigenvalue weighted by Gasteiger charge is 2.51. The summed E-state index contributed by atoms with van der Waals surface area (Å²) in [4.78, 5) is 13.2. The summed E-state index contributed by atoms with van der Waals surface area (Å²) in [5.41, 5.74) is 9.99. The number of hydrogen-bond donors (Lipinski definition) is 3. The van der Waals surface area contributed by atoms with Gasteiger partial charge in [0.25, 0.3) is 0 Å². The monoisotopic (exact) mass is 411 g/mol. The van der Waals surface area contributed by atoms with Gasteiger partial charge >= 0.3 is 0 Å². The van der Waals surface area contributed by atoms with Crippen molar-refractivity contribution in [3.8, 4) is 0 Å². The third kappa shape index (κ3) is 4.79. The molecule has 5 heteroatoms. The van der Waals surface area contributed by atoms with Gasteiger partial charge in [-0.3, -0.25) is 4.79 Å². The Balaban J connectivity index is 1.71. The van der Waals surface area contributed by atoms with Crippen molar-refractivity contribution in [3.63, 3.8) is 0 Å². The van der Waals surface area contributed by atoms with Crippen LogP contribution >= 0.6 is 0 Å². The molecule has 164 valence electrons. The molecule has 0 aromatic carbocycles. The number of carbonyl (C=O) groups is 1. The fourth-order valence-corrected chi connectivity index (χ4v) is 4.27. The molecule has 2 fully saturated rings. The number of carbonyl (C=O) groups excluding carboxylic acids is 1. The molecule has 1 amide bonds. The SMILES string of the molecule is C=C/C=C(\C=C1/CNC(C(C)(C)CN)C1)NC(=O)C1(/C(C)=C/C2=C(C)OCC2)CC1. The third-order valence-electron chi connectivity index (χ3n) is 6.90. The van der Waals surface area contributed by atoms with E-state index < -0.39 is 5.41 Å². The zero-order valence-electron chi connectivity index (χ0n) is 18.9. The maximum absolute atomic E-state index is 13.2. The lowest BCUT2D eigenvalue weighted by Crippen LogP contribution is -2.42. The number of allylic oxidation sites excluding steroid dienone is 5. The number of rotatable bonds is 8. The number of nitrogens with one attached hydrogen (secondary N) is 2. The Morgan fingerprint density at radius 3 is 2.73 bits per heavy atom. The Morgan fingerprint density at radius 2 is 2.17 bits per heavy atom. The fourth-order valence-electron chi connectivity index (χ4n) is 4.27. The summed E-state index contributed by atoms with van der Waals surface area (Å²) in [6, 6.07) is 0.347. The Hall–Kier alpha value is -2.11. The molecule has 5 nitrogen and oxygen atoms in total. The summed E-state index contributed by atoms with van der Waals surface area (Å²) in [5, 5.41) is 6.73. The summed E-state index contributed by atoms with van der Waals surface area (Å²) >= 11 is 0. The summed E-state index contributed by atoms with van der Waals surface area (Å²) < 4.78 is 5.56. The van der Waals surface area contributed by atoms with E-state index in [4.69, 9.17) is 10.5 Å². The molecule has 1 aliphatic carbocycles. The zero-order valence-corrected chi connectivity index (χ0v) is 18.9. The van der Waals surface area contributed by atoms with Crippen LogP contribution in [0.5, 0.6) is 0 Å². The number of hydrogen-bond acceptors (Lipinski definition) is 4. The highest BCUT2D eigenvalue weighted by Crippen LogP contribution is 2.52. The maximum Gasteiger partial charge on any atom is 0.234 e. The van der Waals surface area contributed by atoms with E-state index in [2.05, 4.69) is 50.1 Å². The van der Waals surface area contributed by atoms with E-state index >= 15 is 0 Å². The van der Waals surface area contributed by atoms with Gasteiger partial charge in [-0.15, -0.1) is 0 Å². The predicted octanol–water partition coefficient (Wildman–Crippen LogP) is 3.87. The molecule has 0 spiro atoms. The van der Waals surface area contributed by atoms with Gasteiger partial charge in [-0.1, -0.05) is 43.7 Å². The van der Waals surface area contributed by atoms with Crippen LogP contribution in [-0.2, 0) is 9.53 Å². The average molecular weight is 412 g/mol. The highest BCUT2D eigenvalue weighted by molar-refractivity contribution is 5.90. The van der Waals surface area contributed by atoms with E-state index in [1.165, 1.54) is 11.1 Å². The first-order valence-corrected chi connectivity index (χ1v) is 11.0. The summed E-state index contributed by atoms with van der Waals surface area (Å²) in [7, 11) is 0. The summed E-state index contributed by atoms with van der Waals surface area (Å²) in [6.45, 7) is 14.5. The van der Waals surface area contributed by atoms with Gasteiger partial charge in [-0.05, 0) is 62.8 Å². The first-order chi connectivity index (χ1) is 14.2. The third-order valence-corrected chi connectivity index (χ3v) is 6.90. The standard InChI is InChI=1S/C25H37N3O2/c1-6-7-21(13-19-14-22(27-15-19)24(4,5)16-26)28-23(29)25(9-10-25)17(2)12-20-8-11-30-18(20)3/h6-7,12-13,22,27H,1,8-11,14-16,26H2,2-5H3,(H,28,29)/b17-12+,19-13-,21-7+. The number of amides is 1. The van der Waals surface area contributed by atoms with Gasteiger partial charge in [0.2, 0.25) is 5.91 Å². The van der Waals surface area contributed by atoms with Gasteiger partial charge in [0, 0.05) is 24.7 Å². The van der Waals surface area contributed by atoms with Gasteiger partial charge in [0.15, 0.2) is 0 Å². The van der Waals surface area contributed by atoms with Crippen molar-refractivity contribution in [1.82, 2.24) is 10.6 Å². The molecule has 2 aliphatic heterocycles. The van der Waals surface area contributed by atoms with Crippen LogP contribution in [0.2, 0.25) is 0 Å². The van der Waals surface area contributed by atoms with Gasteiger partial charge in [0.1, 0.15) is 0 Å². The molecule has 0 aromatic heterocycles. The van der Waals surface area contributed by atoms with Crippen molar-refractivity contribution in [1.29, 1.82) is 0 Å². The molecule has 1 saturated carbocycles. The smallest absolute Gasteiger partial charge is 0.234 e. The molecule has 2 heterocycles. The van der Waals surface area contributed by atoms with E-state index in [1.807, 2.05) is 13.0 Å². The lowest BCUT2D eigenvalue weighted by atomic mass is 9.83. The van der Waals surface area contributed by atoms with Crippen molar-refractivity contribution in [2.24, 2.45) is 16.6 Å². The van der Waals surface area contributed by atoms with Gasteiger partial charge in [0.05, 0.1) is 17.8 Å². The Morgan fingerprint density at radius 1 is 1.43 bits per heavy atom. The molecule has 0 aromatic rings. The predicted molar refractivity (Wildman–Crippen MR) is 122 cm³/mol. The highest BCUT2D eigenvalue weighted by atomic mass is 16.5. The van der Waals surface area contributed by atoms with Crippen LogP contribution in [0.25, 0.3) is 0 Å². The topological polar surface area (TPSA) is 76.4 Å². The molecular formula is C25H37N3O2. The first-order valence-electron chi connectivity index (χ1n) is 11.0. The molecule has 3 aliphatic rings. The van der Waals surface area contributed by atoms with Crippen LogP contribution in [0.3, 0.4) is 0 Å². The Kier molecular flexibility index (Phi) is 6.73. The molecule has 4 N–H and O–H groups in total. The van der Waals surface area contributed by atoms with Crippen LogP contribution in [0.1, 0.15) is 53.4 Å². The van der Waals surface area contributed by atoms with Gasteiger partial charge < -0.3 is 21.1 Å². The van der Waals surface area contributed by atoms with Crippen LogP contribution in [0.15, 0.2) is 59.1 Å². The van der Waals surface area contributed by atoms with E-state index in [1.54, 1.807) is 6.08 Å². The lowest BCUT2D eigenvalue weighted by molar-refractivity contribution is -0.124. The van der Waals surface area contributed by atoms with E-state index in [9.17, 15) is 4.79 Å². The van der Waals surface area contributed by atoms with Crippen molar-refractivity contribution < 1.29 is 9.53 Å². The Labute approximate surface area is 181 Å². The minimum Gasteiger partial charge on any atom is -0.498 e. The van der Waals surface area contributed by atoms with Crippen LogP contribution < -0.4 is 16.4 Å². The second-order valence-electron chi connectivity index (χ2n) is 9.53. The second-order valence-corrected chi connectivity index (χ2v) is 9.53. The maximum atomic E-state index is 13.2. The average Bonchev–Trinajstić information content (AvgIpc) is 3.23. The Bertz CT molecular complexity index is 825. The largest absolute Gasteiger partial charge is 0.498 e. The van der Waals surface area contributed by atoms with Crippen molar-refractivity contribution >= 4 is 5.91 Å².